The van der Waals surface area contributed by atoms with E-state index in [2.05, 4.69) is 12.2 Å². The largest absolute Gasteiger partial charge is 0.494 e. The highest BCUT2D eigenvalue weighted by molar-refractivity contribution is 6.05. The van der Waals surface area contributed by atoms with Crippen LogP contribution in [0.4, 0.5) is 5.69 Å². The van der Waals surface area contributed by atoms with Gasteiger partial charge in [-0.2, -0.15) is 0 Å². The summed E-state index contributed by atoms with van der Waals surface area (Å²) in [6.07, 6.45) is 4.98. The molecule has 2 rings (SSSR count). The van der Waals surface area contributed by atoms with Gasteiger partial charge in [-0.3, -0.25) is 9.59 Å². The Morgan fingerprint density at radius 2 is 1.84 bits per heavy atom. The number of ketones is 1. The zero-order chi connectivity index (χ0) is 18.1. The van der Waals surface area contributed by atoms with Gasteiger partial charge in [0.05, 0.1) is 17.9 Å². The first kappa shape index (κ1) is 18.3. The Hall–Kier alpha value is -3.08. The number of amides is 1. The second-order valence-electron chi connectivity index (χ2n) is 5.48. The normalized spacial score (nSPS) is 10.6. The molecule has 0 aliphatic heterocycles. The Labute approximate surface area is 147 Å². The van der Waals surface area contributed by atoms with Gasteiger partial charge in [0.25, 0.3) is 5.91 Å². The minimum atomic E-state index is -0.526. The third-order valence-electron chi connectivity index (χ3n) is 3.57. The summed E-state index contributed by atoms with van der Waals surface area (Å²) in [6, 6.07) is 13.9. The molecule has 0 unspecified atom stereocenters. The molecule has 25 heavy (non-hydrogen) atoms. The van der Waals surface area contributed by atoms with Crippen molar-refractivity contribution < 1.29 is 14.3 Å². The maximum absolute atomic E-state index is 12.2. The van der Waals surface area contributed by atoms with Crippen LogP contribution in [0.3, 0.4) is 0 Å². The molecule has 3 N–H and O–H groups in total. The van der Waals surface area contributed by atoms with Crippen molar-refractivity contribution in [2.75, 3.05) is 11.9 Å². The number of carbonyl (C=O) groups is 2. The second-order valence-corrected chi connectivity index (χ2v) is 5.48. The third-order valence-corrected chi connectivity index (χ3v) is 3.57. The molecule has 0 saturated heterocycles. The lowest BCUT2D eigenvalue weighted by molar-refractivity contribution is 0.0999. The molecule has 0 aliphatic rings. The molecular formula is C20H22N2O3. The lowest BCUT2D eigenvalue weighted by Gasteiger charge is -2.06. The molecule has 0 aliphatic carbocycles. The van der Waals surface area contributed by atoms with Crippen molar-refractivity contribution in [3.05, 3.63) is 71.9 Å². The molecule has 0 heterocycles. The molecule has 130 valence electrons. The van der Waals surface area contributed by atoms with E-state index in [-0.39, 0.29) is 5.78 Å². The minimum absolute atomic E-state index is 0.149. The van der Waals surface area contributed by atoms with E-state index in [4.69, 9.17) is 10.5 Å². The van der Waals surface area contributed by atoms with Crippen LogP contribution >= 0.6 is 0 Å². The molecular weight excluding hydrogens is 316 g/mol. The van der Waals surface area contributed by atoms with E-state index in [1.54, 1.807) is 48.5 Å². The molecule has 0 fully saturated rings. The van der Waals surface area contributed by atoms with E-state index in [0.717, 1.165) is 18.6 Å². The highest BCUT2D eigenvalue weighted by atomic mass is 16.5. The van der Waals surface area contributed by atoms with Gasteiger partial charge in [-0.25, -0.2) is 0 Å². The number of nitrogens with two attached hydrogens (primary N) is 1. The summed E-state index contributed by atoms with van der Waals surface area (Å²) in [5.74, 6) is 0.0770. The molecule has 2 aromatic rings. The van der Waals surface area contributed by atoms with Gasteiger partial charge < -0.3 is 15.8 Å². The number of nitrogens with one attached hydrogen (secondary N) is 1. The number of unbranched alkanes of at least 4 members (excludes halogenated alkanes) is 1. The number of ether oxygens (including phenoxy) is 1. The van der Waals surface area contributed by atoms with Gasteiger partial charge in [0, 0.05) is 17.8 Å². The Kier molecular flexibility index (Phi) is 6.77. The maximum Gasteiger partial charge on any atom is 0.250 e. The van der Waals surface area contributed by atoms with Crippen molar-refractivity contribution in [2.45, 2.75) is 19.8 Å². The van der Waals surface area contributed by atoms with Crippen LogP contribution in [0.25, 0.3) is 0 Å². The van der Waals surface area contributed by atoms with E-state index in [0.29, 0.717) is 23.4 Å². The van der Waals surface area contributed by atoms with E-state index < -0.39 is 5.91 Å². The summed E-state index contributed by atoms with van der Waals surface area (Å²) >= 11 is 0. The molecule has 0 radical (unpaired) electrons. The van der Waals surface area contributed by atoms with E-state index in [1.165, 1.54) is 12.3 Å². The average molecular weight is 338 g/mol. The standard InChI is InChI=1S/C20H22N2O3/c1-2-3-14-25-16-10-8-15(9-11-16)19(23)12-13-22-18-7-5-4-6-17(18)20(21)24/h4-13,22H,2-3,14H2,1H3,(H2,21,24)/b13-12+. The summed E-state index contributed by atoms with van der Waals surface area (Å²) < 4.78 is 5.57. The van der Waals surface area contributed by atoms with Crippen molar-refractivity contribution in [3.8, 4) is 5.75 Å². The predicted molar refractivity (Wildman–Crippen MR) is 98.9 cm³/mol. The number of carbonyl (C=O) groups excluding carboxylic acids is 2. The molecule has 0 spiro atoms. The predicted octanol–water partition coefficient (Wildman–Crippen LogP) is 3.77. The molecule has 0 saturated carbocycles. The van der Waals surface area contributed by atoms with Crippen LogP contribution in [0.15, 0.2) is 60.8 Å². The van der Waals surface area contributed by atoms with Gasteiger partial charge in [-0.1, -0.05) is 25.5 Å². The van der Waals surface area contributed by atoms with Gasteiger partial charge in [0.2, 0.25) is 0 Å². The fraction of sp³-hybridized carbons (Fsp3) is 0.200. The monoisotopic (exact) mass is 338 g/mol. The highest BCUT2D eigenvalue weighted by Crippen LogP contribution is 2.15. The molecule has 2 aromatic carbocycles. The third kappa shape index (κ3) is 5.49. The highest BCUT2D eigenvalue weighted by Gasteiger charge is 2.06. The van der Waals surface area contributed by atoms with Crippen molar-refractivity contribution in [2.24, 2.45) is 5.73 Å². The quantitative estimate of drug-likeness (QED) is 0.414. The molecule has 5 nitrogen and oxygen atoms in total. The Morgan fingerprint density at radius 3 is 2.52 bits per heavy atom. The number of hydrogen-bond donors (Lipinski definition) is 2. The van der Waals surface area contributed by atoms with Crippen LogP contribution in [0.1, 0.15) is 40.5 Å². The second kappa shape index (κ2) is 9.27. The summed E-state index contributed by atoms with van der Waals surface area (Å²) in [6.45, 7) is 2.78. The first-order chi connectivity index (χ1) is 12.1. The summed E-state index contributed by atoms with van der Waals surface area (Å²) in [5, 5.41) is 2.91. The number of rotatable bonds is 9. The van der Waals surface area contributed by atoms with Gasteiger partial charge in [-0.15, -0.1) is 0 Å². The van der Waals surface area contributed by atoms with Crippen LogP contribution in [0.2, 0.25) is 0 Å². The van der Waals surface area contributed by atoms with E-state index in [1.807, 2.05) is 0 Å². The summed E-state index contributed by atoms with van der Waals surface area (Å²) in [7, 11) is 0. The molecule has 0 atom stereocenters. The topological polar surface area (TPSA) is 81.4 Å². The first-order valence-corrected chi connectivity index (χ1v) is 8.21. The maximum atomic E-state index is 12.2. The van der Waals surface area contributed by atoms with Gasteiger partial charge in [0.1, 0.15) is 5.75 Å². The lowest BCUT2D eigenvalue weighted by Crippen LogP contribution is -2.13. The zero-order valence-electron chi connectivity index (χ0n) is 14.2. The van der Waals surface area contributed by atoms with Crippen LogP contribution in [0.5, 0.6) is 5.75 Å². The number of hydrogen-bond acceptors (Lipinski definition) is 4. The van der Waals surface area contributed by atoms with E-state index in [9.17, 15) is 9.59 Å². The SMILES string of the molecule is CCCCOc1ccc(C(=O)/C=C/Nc2ccccc2C(N)=O)cc1. The van der Waals surface area contributed by atoms with Crippen molar-refractivity contribution in [1.29, 1.82) is 0 Å². The molecule has 5 heteroatoms. The number of primary amides is 1. The van der Waals surface area contributed by atoms with Crippen LogP contribution in [-0.2, 0) is 0 Å². The zero-order valence-corrected chi connectivity index (χ0v) is 14.2. The van der Waals surface area contributed by atoms with Crippen LogP contribution in [-0.4, -0.2) is 18.3 Å². The van der Waals surface area contributed by atoms with Gasteiger partial charge in [-0.05, 0) is 42.8 Å². The number of allylic oxidation sites excluding steroid dienone is 1. The van der Waals surface area contributed by atoms with Crippen LogP contribution in [0, 0.1) is 0 Å². The summed E-state index contributed by atoms with van der Waals surface area (Å²) in [4.78, 5) is 23.5. The number of para-hydroxylation sites is 1. The molecule has 1 amide bonds. The Balaban J connectivity index is 1.95. The summed E-state index contributed by atoms with van der Waals surface area (Å²) in [5.41, 5.74) is 6.80. The smallest absolute Gasteiger partial charge is 0.250 e. The molecule has 0 aromatic heterocycles. The Morgan fingerprint density at radius 1 is 1.12 bits per heavy atom. The number of benzene rings is 2. The fourth-order valence-corrected chi connectivity index (χ4v) is 2.18. The fourth-order valence-electron chi connectivity index (χ4n) is 2.18. The first-order valence-electron chi connectivity index (χ1n) is 8.21. The average Bonchev–Trinajstić information content (AvgIpc) is 2.62. The Bertz CT molecular complexity index is 752. The van der Waals surface area contributed by atoms with Gasteiger partial charge in [0.15, 0.2) is 5.78 Å². The number of anilines is 1. The van der Waals surface area contributed by atoms with Crippen LogP contribution < -0.4 is 15.8 Å². The van der Waals surface area contributed by atoms with Crippen molar-refractivity contribution in [3.63, 3.8) is 0 Å². The van der Waals surface area contributed by atoms with Crippen molar-refractivity contribution >= 4 is 17.4 Å². The lowest BCUT2D eigenvalue weighted by atomic mass is 10.1. The van der Waals surface area contributed by atoms with E-state index >= 15 is 0 Å². The van der Waals surface area contributed by atoms with Gasteiger partial charge >= 0.3 is 0 Å². The minimum Gasteiger partial charge on any atom is -0.494 e. The van der Waals surface area contributed by atoms with Crippen molar-refractivity contribution in [1.82, 2.24) is 0 Å². The molecule has 0 bridgehead atoms.